The van der Waals surface area contributed by atoms with Gasteiger partial charge in [-0.05, 0) is 31.6 Å². The fraction of sp³-hybridized carbons (Fsp3) is 0.875. The number of piperazine rings is 1. The highest BCUT2D eigenvalue weighted by Gasteiger charge is 2.51. The third-order valence-electron chi connectivity index (χ3n) is 4.84. The molecule has 0 aliphatic carbocycles. The predicted octanol–water partition coefficient (Wildman–Crippen LogP) is 1.71. The number of hydrogen-bond donors (Lipinski definition) is 1. The lowest BCUT2D eigenvalue weighted by molar-refractivity contribution is -0.161. The first-order valence-electron chi connectivity index (χ1n) is 7.94. The average molecular weight is 296 g/mol. The van der Waals surface area contributed by atoms with Crippen LogP contribution in [0.25, 0.3) is 0 Å². The first-order valence-corrected chi connectivity index (χ1v) is 7.94. The number of nitrogens with zero attached hydrogens (tertiary/aromatic N) is 1. The van der Waals surface area contributed by atoms with Crippen LogP contribution in [-0.2, 0) is 14.3 Å². The summed E-state index contributed by atoms with van der Waals surface area (Å²) in [6, 6.07) is -0.467. The van der Waals surface area contributed by atoms with Crippen molar-refractivity contribution in [2.45, 2.75) is 71.6 Å². The van der Waals surface area contributed by atoms with Gasteiger partial charge in [0.1, 0.15) is 11.6 Å². The van der Waals surface area contributed by atoms with Gasteiger partial charge in [-0.25, -0.2) is 0 Å². The molecule has 0 aromatic rings. The molecule has 0 saturated carbocycles. The lowest BCUT2D eigenvalue weighted by Crippen LogP contribution is -2.72. The first kappa shape index (κ1) is 16.3. The topological polar surface area (TPSA) is 58.6 Å². The SMILES string of the molecule is CCC1(C)C(=O)NC(C(C)(C)C)C(=O)N1CC1CCCO1. The summed E-state index contributed by atoms with van der Waals surface area (Å²) in [5.74, 6) is -0.0375. The van der Waals surface area contributed by atoms with Crippen molar-refractivity contribution < 1.29 is 14.3 Å². The van der Waals surface area contributed by atoms with Gasteiger partial charge in [-0.3, -0.25) is 9.59 Å². The van der Waals surface area contributed by atoms with E-state index in [2.05, 4.69) is 5.32 Å². The van der Waals surface area contributed by atoms with E-state index in [1.165, 1.54) is 0 Å². The van der Waals surface area contributed by atoms with Crippen LogP contribution in [0.2, 0.25) is 0 Å². The Balaban J connectivity index is 2.28. The van der Waals surface area contributed by atoms with Gasteiger partial charge >= 0.3 is 0 Å². The zero-order valence-corrected chi connectivity index (χ0v) is 13.9. The summed E-state index contributed by atoms with van der Waals surface area (Å²) in [7, 11) is 0. The second-order valence-electron chi connectivity index (χ2n) is 7.48. The molecule has 2 amide bonds. The minimum absolute atomic E-state index is 0.0157. The molecule has 2 aliphatic heterocycles. The van der Waals surface area contributed by atoms with Crippen molar-refractivity contribution in [2.75, 3.05) is 13.2 Å². The highest BCUT2D eigenvalue weighted by molar-refractivity contribution is 6.00. The Bertz CT molecular complexity index is 424. The summed E-state index contributed by atoms with van der Waals surface area (Å²) in [6.45, 7) is 11.0. The second kappa shape index (κ2) is 5.59. The van der Waals surface area contributed by atoms with Gasteiger partial charge in [-0.15, -0.1) is 0 Å². The number of hydrogen-bond acceptors (Lipinski definition) is 3. The molecule has 2 fully saturated rings. The van der Waals surface area contributed by atoms with E-state index in [0.29, 0.717) is 13.0 Å². The zero-order chi connectivity index (χ0) is 15.8. The maximum atomic E-state index is 12.9. The lowest BCUT2D eigenvalue weighted by Gasteiger charge is -2.49. The van der Waals surface area contributed by atoms with Crippen molar-refractivity contribution in [1.29, 1.82) is 0 Å². The van der Waals surface area contributed by atoms with E-state index in [4.69, 9.17) is 4.74 Å². The molecule has 5 heteroatoms. The Hall–Kier alpha value is -1.10. The Labute approximate surface area is 127 Å². The lowest BCUT2D eigenvalue weighted by atomic mass is 9.80. The molecule has 2 heterocycles. The molecule has 0 aromatic carbocycles. The Kier molecular flexibility index (Phi) is 4.34. The van der Waals surface area contributed by atoms with Crippen molar-refractivity contribution in [3.05, 3.63) is 0 Å². The highest BCUT2D eigenvalue weighted by atomic mass is 16.5. The summed E-state index contributed by atoms with van der Waals surface area (Å²) in [5.41, 5.74) is -1.07. The standard InChI is InChI=1S/C16H28N2O3/c1-6-16(5)14(20)17-12(15(2,3)4)13(19)18(16)10-11-8-7-9-21-11/h11-12H,6-10H2,1-5H3,(H,17,20). The van der Waals surface area contributed by atoms with E-state index in [0.717, 1.165) is 19.4 Å². The molecule has 3 unspecified atom stereocenters. The second-order valence-corrected chi connectivity index (χ2v) is 7.48. The number of carbonyl (C=O) groups excluding carboxylic acids is 2. The monoisotopic (exact) mass is 296 g/mol. The molecule has 0 spiro atoms. The third-order valence-corrected chi connectivity index (χ3v) is 4.84. The molecule has 21 heavy (non-hydrogen) atoms. The quantitative estimate of drug-likeness (QED) is 0.862. The summed E-state index contributed by atoms with van der Waals surface area (Å²) in [6.07, 6.45) is 2.66. The third kappa shape index (κ3) is 2.93. The van der Waals surface area contributed by atoms with Crippen molar-refractivity contribution in [3.63, 3.8) is 0 Å². The molecular formula is C16H28N2O3. The fourth-order valence-corrected chi connectivity index (χ4v) is 3.09. The van der Waals surface area contributed by atoms with E-state index in [1.807, 2.05) is 34.6 Å². The van der Waals surface area contributed by atoms with Crippen LogP contribution in [-0.4, -0.2) is 47.6 Å². The number of ether oxygens (including phenoxy) is 1. The van der Waals surface area contributed by atoms with Crippen LogP contribution in [0.15, 0.2) is 0 Å². The Morgan fingerprint density at radius 1 is 1.38 bits per heavy atom. The van der Waals surface area contributed by atoms with Crippen LogP contribution in [0.5, 0.6) is 0 Å². The number of nitrogens with one attached hydrogen (secondary N) is 1. The van der Waals surface area contributed by atoms with Crippen molar-refractivity contribution in [1.82, 2.24) is 10.2 Å². The fourth-order valence-electron chi connectivity index (χ4n) is 3.09. The highest BCUT2D eigenvalue weighted by Crippen LogP contribution is 2.32. The molecule has 0 radical (unpaired) electrons. The predicted molar refractivity (Wildman–Crippen MR) is 80.8 cm³/mol. The van der Waals surface area contributed by atoms with Crippen LogP contribution in [0.4, 0.5) is 0 Å². The van der Waals surface area contributed by atoms with E-state index in [9.17, 15) is 9.59 Å². The van der Waals surface area contributed by atoms with Gasteiger partial charge < -0.3 is 15.0 Å². The molecule has 120 valence electrons. The zero-order valence-electron chi connectivity index (χ0n) is 13.9. The molecule has 2 saturated heterocycles. The minimum Gasteiger partial charge on any atom is -0.376 e. The van der Waals surface area contributed by atoms with Gasteiger partial charge in [-0.1, -0.05) is 27.7 Å². The minimum atomic E-state index is -0.773. The summed E-state index contributed by atoms with van der Waals surface area (Å²) >= 11 is 0. The molecular weight excluding hydrogens is 268 g/mol. The van der Waals surface area contributed by atoms with Crippen LogP contribution in [0, 0.1) is 5.41 Å². The van der Waals surface area contributed by atoms with Gasteiger partial charge in [0, 0.05) is 13.2 Å². The largest absolute Gasteiger partial charge is 0.376 e. The number of rotatable bonds is 3. The van der Waals surface area contributed by atoms with E-state index in [-0.39, 0.29) is 23.3 Å². The summed E-state index contributed by atoms with van der Waals surface area (Å²) < 4.78 is 5.67. The van der Waals surface area contributed by atoms with E-state index in [1.54, 1.807) is 4.90 Å². The molecule has 2 rings (SSSR count). The normalized spacial score (nSPS) is 34.2. The maximum absolute atomic E-state index is 12.9. The van der Waals surface area contributed by atoms with Gasteiger partial charge in [-0.2, -0.15) is 0 Å². The van der Waals surface area contributed by atoms with E-state index >= 15 is 0 Å². The van der Waals surface area contributed by atoms with Crippen LogP contribution < -0.4 is 5.32 Å². The maximum Gasteiger partial charge on any atom is 0.246 e. The molecule has 1 N–H and O–H groups in total. The van der Waals surface area contributed by atoms with Crippen LogP contribution in [0.1, 0.15) is 53.9 Å². The molecule has 5 nitrogen and oxygen atoms in total. The number of carbonyl (C=O) groups is 2. The smallest absolute Gasteiger partial charge is 0.246 e. The van der Waals surface area contributed by atoms with Crippen molar-refractivity contribution in [2.24, 2.45) is 5.41 Å². The van der Waals surface area contributed by atoms with Crippen molar-refractivity contribution >= 4 is 11.8 Å². The first-order chi connectivity index (χ1) is 9.70. The molecule has 0 aromatic heterocycles. The Morgan fingerprint density at radius 2 is 2.05 bits per heavy atom. The van der Waals surface area contributed by atoms with Gasteiger partial charge in [0.25, 0.3) is 0 Å². The molecule has 3 atom stereocenters. The van der Waals surface area contributed by atoms with Gasteiger partial charge in [0.2, 0.25) is 11.8 Å². The number of amides is 2. The Morgan fingerprint density at radius 3 is 2.52 bits per heavy atom. The molecule has 2 aliphatic rings. The van der Waals surface area contributed by atoms with Gasteiger partial charge in [0.15, 0.2) is 0 Å². The average Bonchev–Trinajstić information content (AvgIpc) is 2.90. The van der Waals surface area contributed by atoms with Crippen LogP contribution in [0.3, 0.4) is 0 Å². The summed E-state index contributed by atoms with van der Waals surface area (Å²) in [5, 5.41) is 2.93. The van der Waals surface area contributed by atoms with Gasteiger partial charge in [0.05, 0.1) is 6.10 Å². The van der Waals surface area contributed by atoms with Crippen LogP contribution >= 0.6 is 0 Å². The van der Waals surface area contributed by atoms with E-state index < -0.39 is 11.6 Å². The van der Waals surface area contributed by atoms with Crippen molar-refractivity contribution in [3.8, 4) is 0 Å². The molecule has 0 bridgehead atoms. The summed E-state index contributed by atoms with van der Waals surface area (Å²) in [4.78, 5) is 27.3.